The molecule has 0 bridgehead atoms. The van der Waals surface area contributed by atoms with E-state index in [0.29, 0.717) is 24.6 Å². The van der Waals surface area contributed by atoms with Gasteiger partial charge in [-0.25, -0.2) is 9.97 Å². The fraction of sp³-hybridized carbons (Fsp3) is 0.421. The molecule has 1 amide bonds. The Kier molecular flexibility index (Phi) is 5.16. The Morgan fingerprint density at radius 3 is 2.40 bits per heavy atom. The molecule has 2 heterocycles. The number of aromatic nitrogens is 2. The summed E-state index contributed by atoms with van der Waals surface area (Å²) in [6.45, 7) is 9.23. The summed E-state index contributed by atoms with van der Waals surface area (Å²) < 4.78 is 0. The topological polar surface area (TPSA) is 61.4 Å². The molecule has 2 aromatic rings. The highest BCUT2D eigenvalue weighted by Gasteiger charge is 2.22. The van der Waals surface area contributed by atoms with E-state index < -0.39 is 0 Å². The first-order valence-corrected chi connectivity index (χ1v) is 8.72. The zero-order chi connectivity index (χ0) is 17.8. The van der Waals surface area contributed by atoms with Gasteiger partial charge < -0.3 is 15.1 Å². The van der Waals surface area contributed by atoms with Gasteiger partial charge in [0, 0.05) is 50.3 Å². The average molecular weight is 339 g/mol. The van der Waals surface area contributed by atoms with Crippen LogP contribution in [-0.2, 0) is 0 Å². The number of carbonyl (C=O) groups excluding carboxylic acids is 1. The zero-order valence-corrected chi connectivity index (χ0v) is 15.1. The number of carbonyl (C=O) groups is 1. The van der Waals surface area contributed by atoms with Crippen molar-refractivity contribution in [2.24, 2.45) is 0 Å². The molecule has 0 saturated carbocycles. The summed E-state index contributed by atoms with van der Waals surface area (Å²) in [5.41, 5.74) is 3.01. The smallest absolute Gasteiger partial charge is 0.257 e. The number of nitrogens with zero attached hydrogens (tertiary/aromatic N) is 4. The van der Waals surface area contributed by atoms with Gasteiger partial charge in [0.1, 0.15) is 0 Å². The van der Waals surface area contributed by atoms with Crippen LogP contribution in [0.5, 0.6) is 0 Å². The molecule has 1 saturated heterocycles. The van der Waals surface area contributed by atoms with Gasteiger partial charge in [-0.1, -0.05) is 12.1 Å². The fourth-order valence-corrected chi connectivity index (χ4v) is 2.95. The number of benzene rings is 1. The highest BCUT2D eigenvalue weighted by atomic mass is 16.2. The zero-order valence-electron chi connectivity index (χ0n) is 15.1. The molecule has 132 valence electrons. The van der Waals surface area contributed by atoms with Gasteiger partial charge in [0.15, 0.2) is 0 Å². The summed E-state index contributed by atoms with van der Waals surface area (Å²) in [5, 5.41) is 3.13. The van der Waals surface area contributed by atoms with E-state index in [1.165, 1.54) is 11.3 Å². The fourth-order valence-electron chi connectivity index (χ4n) is 2.95. The van der Waals surface area contributed by atoms with Crippen LogP contribution in [0.4, 0.5) is 11.6 Å². The minimum atomic E-state index is -0.0000100. The van der Waals surface area contributed by atoms with Crippen LogP contribution in [0.3, 0.4) is 0 Å². The Morgan fingerprint density at radius 2 is 1.80 bits per heavy atom. The average Bonchev–Trinajstić information content (AvgIpc) is 2.61. The van der Waals surface area contributed by atoms with Crippen LogP contribution in [0.15, 0.2) is 36.7 Å². The van der Waals surface area contributed by atoms with Gasteiger partial charge in [-0.2, -0.15) is 0 Å². The molecule has 0 unspecified atom stereocenters. The van der Waals surface area contributed by atoms with Gasteiger partial charge in [-0.15, -0.1) is 0 Å². The molecule has 1 aliphatic rings. The molecule has 1 aliphatic heterocycles. The van der Waals surface area contributed by atoms with Gasteiger partial charge in [-0.05, 0) is 38.5 Å². The standard InChI is InChI=1S/C19H25N5O/c1-14(2)22-19-20-12-16(13-21-19)18(25)24-9-7-23(8-10-24)17-6-4-5-15(3)11-17/h4-6,11-14H,7-10H2,1-3H3,(H,20,21,22). The van der Waals surface area contributed by atoms with E-state index >= 15 is 0 Å². The van der Waals surface area contributed by atoms with E-state index in [4.69, 9.17) is 0 Å². The van der Waals surface area contributed by atoms with Crippen molar-refractivity contribution in [3.8, 4) is 0 Å². The predicted molar refractivity (Wildman–Crippen MR) is 100 cm³/mol. The van der Waals surface area contributed by atoms with E-state index in [1.54, 1.807) is 12.4 Å². The first-order chi connectivity index (χ1) is 12.0. The molecule has 3 rings (SSSR count). The number of amides is 1. The van der Waals surface area contributed by atoms with E-state index in [1.807, 2.05) is 18.7 Å². The van der Waals surface area contributed by atoms with Crippen molar-refractivity contribution in [1.29, 1.82) is 0 Å². The summed E-state index contributed by atoms with van der Waals surface area (Å²) in [4.78, 5) is 25.3. The second-order valence-electron chi connectivity index (χ2n) is 6.71. The molecule has 1 N–H and O–H groups in total. The molecule has 0 aliphatic carbocycles. The van der Waals surface area contributed by atoms with Crippen molar-refractivity contribution in [3.63, 3.8) is 0 Å². The predicted octanol–water partition coefficient (Wildman–Crippen LogP) is 2.57. The van der Waals surface area contributed by atoms with E-state index in [0.717, 1.165) is 13.1 Å². The minimum absolute atomic E-state index is 0.0000100. The Morgan fingerprint density at radius 1 is 1.12 bits per heavy atom. The lowest BCUT2D eigenvalue weighted by Gasteiger charge is -2.36. The van der Waals surface area contributed by atoms with Gasteiger partial charge in [0.05, 0.1) is 5.56 Å². The molecule has 0 radical (unpaired) electrons. The summed E-state index contributed by atoms with van der Waals surface area (Å²) in [7, 11) is 0. The molecular formula is C19H25N5O. The van der Waals surface area contributed by atoms with Crippen LogP contribution >= 0.6 is 0 Å². The SMILES string of the molecule is Cc1cccc(N2CCN(C(=O)c3cnc(NC(C)C)nc3)CC2)c1. The lowest BCUT2D eigenvalue weighted by Crippen LogP contribution is -2.48. The second-order valence-corrected chi connectivity index (χ2v) is 6.71. The number of nitrogens with one attached hydrogen (secondary N) is 1. The van der Waals surface area contributed by atoms with Crippen LogP contribution in [0.2, 0.25) is 0 Å². The first kappa shape index (κ1) is 17.2. The highest BCUT2D eigenvalue weighted by molar-refractivity contribution is 5.93. The van der Waals surface area contributed by atoms with Crippen molar-refractivity contribution in [2.45, 2.75) is 26.8 Å². The molecule has 1 aromatic heterocycles. The molecule has 6 nitrogen and oxygen atoms in total. The molecule has 0 atom stereocenters. The van der Waals surface area contributed by atoms with Gasteiger partial charge in [0.2, 0.25) is 5.95 Å². The van der Waals surface area contributed by atoms with Crippen molar-refractivity contribution in [3.05, 3.63) is 47.8 Å². The molecule has 1 aromatic carbocycles. The van der Waals surface area contributed by atoms with Crippen LogP contribution in [-0.4, -0.2) is 53.0 Å². The van der Waals surface area contributed by atoms with Gasteiger partial charge >= 0.3 is 0 Å². The lowest BCUT2D eigenvalue weighted by atomic mass is 10.2. The molecular weight excluding hydrogens is 314 g/mol. The van der Waals surface area contributed by atoms with Crippen molar-refractivity contribution >= 4 is 17.5 Å². The molecule has 1 fully saturated rings. The third-order valence-electron chi connectivity index (χ3n) is 4.25. The Bertz CT molecular complexity index is 721. The summed E-state index contributed by atoms with van der Waals surface area (Å²) >= 11 is 0. The van der Waals surface area contributed by atoms with Gasteiger partial charge in [-0.3, -0.25) is 4.79 Å². The number of aryl methyl sites for hydroxylation is 1. The number of rotatable bonds is 4. The van der Waals surface area contributed by atoms with Crippen LogP contribution in [0.25, 0.3) is 0 Å². The highest BCUT2D eigenvalue weighted by Crippen LogP contribution is 2.18. The third-order valence-corrected chi connectivity index (χ3v) is 4.25. The van der Waals surface area contributed by atoms with Crippen LogP contribution in [0.1, 0.15) is 29.8 Å². The summed E-state index contributed by atoms with van der Waals surface area (Å²) in [6.07, 6.45) is 3.21. The van der Waals surface area contributed by atoms with E-state index in [-0.39, 0.29) is 11.9 Å². The normalized spacial score (nSPS) is 14.7. The van der Waals surface area contributed by atoms with Crippen molar-refractivity contribution in [2.75, 3.05) is 36.4 Å². The maximum atomic E-state index is 12.6. The number of hydrogen-bond donors (Lipinski definition) is 1. The Hall–Kier alpha value is -2.63. The maximum Gasteiger partial charge on any atom is 0.257 e. The third kappa shape index (κ3) is 4.26. The summed E-state index contributed by atoms with van der Waals surface area (Å²) in [5.74, 6) is 0.552. The lowest BCUT2D eigenvalue weighted by molar-refractivity contribution is 0.0746. The largest absolute Gasteiger partial charge is 0.368 e. The van der Waals surface area contributed by atoms with Crippen molar-refractivity contribution < 1.29 is 4.79 Å². The van der Waals surface area contributed by atoms with Crippen molar-refractivity contribution in [1.82, 2.24) is 14.9 Å². The number of anilines is 2. The van der Waals surface area contributed by atoms with E-state index in [2.05, 4.69) is 51.4 Å². The van der Waals surface area contributed by atoms with Crippen LogP contribution in [0, 0.1) is 6.92 Å². The monoisotopic (exact) mass is 339 g/mol. The Labute approximate surface area is 148 Å². The molecule has 6 heteroatoms. The quantitative estimate of drug-likeness (QED) is 0.928. The molecule has 25 heavy (non-hydrogen) atoms. The molecule has 0 spiro atoms. The summed E-state index contributed by atoms with van der Waals surface area (Å²) in [6, 6.07) is 8.74. The maximum absolute atomic E-state index is 12.6. The van der Waals surface area contributed by atoms with E-state index in [9.17, 15) is 4.79 Å². The minimum Gasteiger partial charge on any atom is -0.368 e. The number of piperazine rings is 1. The van der Waals surface area contributed by atoms with Crippen LogP contribution < -0.4 is 10.2 Å². The van der Waals surface area contributed by atoms with Gasteiger partial charge in [0.25, 0.3) is 5.91 Å². The first-order valence-electron chi connectivity index (χ1n) is 8.72. The number of hydrogen-bond acceptors (Lipinski definition) is 5. The second kappa shape index (κ2) is 7.51. The Balaban J connectivity index is 1.59.